The first-order valence-corrected chi connectivity index (χ1v) is 14.9. The Morgan fingerprint density at radius 3 is 1.70 bits per heavy atom. The lowest BCUT2D eigenvalue weighted by molar-refractivity contribution is -0.202. The second-order valence-corrected chi connectivity index (χ2v) is 11.6. The van der Waals surface area contributed by atoms with Gasteiger partial charge in [-0.1, -0.05) is 120 Å². The predicted octanol–water partition coefficient (Wildman–Crippen LogP) is 7.81. The van der Waals surface area contributed by atoms with Crippen LogP contribution in [0.4, 0.5) is 0 Å². The van der Waals surface area contributed by atoms with Crippen molar-refractivity contribution in [2.45, 2.75) is 60.8 Å². The van der Waals surface area contributed by atoms with Crippen LogP contribution in [0.3, 0.4) is 0 Å². The number of rotatable bonds is 12. The number of hydrogen-bond donors (Lipinski definition) is 0. The van der Waals surface area contributed by atoms with Crippen molar-refractivity contribution in [3.05, 3.63) is 138 Å². The molecule has 40 heavy (non-hydrogen) atoms. The van der Waals surface area contributed by atoms with Gasteiger partial charge in [0.25, 0.3) is 0 Å². The molecule has 1 saturated heterocycles. The van der Waals surface area contributed by atoms with E-state index in [1.165, 1.54) is 5.56 Å². The normalized spacial score (nSPS) is 22.7. The van der Waals surface area contributed by atoms with E-state index in [1.807, 2.05) is 54.6 Å². The summed E-state index contributed by atoms with van der Waals surface area (Å²) in [4.78, 5) is 1.11. The molecule has 4 aromatic rings. The van der Waals surface area contributed by atoms with E-state index in [0.29, 0.717) is 26.4 Å². The van der Waals surface area contributed by atoms with Gasteiger partial charge in [0.1, 0.15) is 23.9 Å². The maximum absolute atomic E-state index is 6.98. The number of halogens is 1. The third kappa shape index (κ3) is 8.20. The smallest absolute Gasteiger partial charge is 0.146 e. The van der Waals surface area contributed by atoms with Crippen LogP contribution in [0, 0.1) is 6.92 Å². The fourth-order valence-electron chi connectivity index (χ4n) is 4.69. The molecule has 1 fully saturated rings. The maximum Gasteiger partial charge on any atom is 0.146 e. The first kappa shape index (κ1) is 28.9. The average Bonchev–Trinajstić information content (AvgIpc) is 2.99. The number of benzene rings is 4. The largest absolute Gasteiger partial charge is 0.374 e. The van der Waals surface area contributed by atoms with Gasteiger partial charge >= 0.3 is 0 Å². The Hall–Kier alpha value is -2.64. The second-order valence-electron chi connectivity index (χ2n) is 9.94. The average molecular weight is 575 g/mol. The highest BCUT2D eigenvalue weighted by Crippen LogP contribution is 2.39. The first-order chi connectivity index (χ1) is 19.7. The molecule has 0 spiro atoms. The molecular weight excluding hydrogens is 540 g/mol. The Labute approximate surface area is 246 Å². The van der Waals surface area contributed by atoms with E-state index < -0.39 is 17.8 Å². The lowest BCUT2D eigenvalue weighted by Crippen LogP contribution is -2.58. The molecule has 4 nitrogen and oxygen atoms in total. The molecule has 0 aromatic heterocycles. The van der Waals surface area contributed by atoms with Gasteiger partial charge in [0, 0.05) is 4.90 Å². The van der Waals surface area contributed by atoms with Gasteiger partial charge in [-0.25, -0.2) is 0 Å². The van der Waals surface area contributed by atoms with E-state index in [2.05, 4.69) is 67.6 Å². The van der Waals surface area contributed by atoms with Gasteiger partial charge in [-0.3, -0.25) is 0 Å². The molecule has 4 aromatic carbocycles. The van der Waals surface area contributed by atoms with Crippen molar-refractivity contribution in [2.24, 2.45) is 0 Å². The van der Waals surface area contributed by atoms with E-state index in [0.717, 1.165) is 21.6 Å². The summed E-state index contributed by atoms with van der Waals surface area (Å²) in [5, 5.41) is -0.195. The molecule has 208 valence electrons. The summed E-state index contributed by atoms with van der Waals surface area (Å²) >= 11 is 8.65. The minimum Gasteiger partial charge on any atom is -0.374 e. The fraction of sp³-hybridized carbons (Fsp3) is 0.294. The molecule has 5 rings (SSSR count). The van der Waals surface area contributed by atoms with Crippen LogP contribution in [0.1, 0.15) is 22.3 Å². The Bertz CT molecular complexity index is 1270. The van der Waals surface area contributed by atoms with Crippen LogP contribution in [-0.4, -0.2) is 35.7 Å². The van der Waals surface area contributed by atoms with Gasteiger partial charge in [0.15, 0.2) is 0 Å². The van der Waals surface area contributed by atoms with Crippen LogP contribution >= 0.6 is 23.4 Å². The summed E-state index contributed by atoms with van der Waals surface area (Å²) in [6.45, 7) is 3.79. The quantitative estimate of drug-likeness (QED) is 0.161. The molecule has 0 radical (unpaired) electrons. The van der Waals surface area contributed by atoms with Crippen molar-refractivity contribution < 1.29 is 18.9 Å². The summed E-state index contributed by atoms with van der Waals surface area (Å²) in [7, 11) is 0. The minimum atomic E-state index is -0.589. The van der Waals surface area contributed by atoms with Crippen molar-refractivity contribution in [3.63, 3.8) is 0 Å². The Morgan fingerprint density at radius 1 is 0.650 bits per heavy atom. The second kappa shape index (κ2) is 14.8. The first-order valence-electron chi connectivity index (χ1n) is 13.6. The molecule has 0 amide bonds. The highest BCUT2D eigenvalue weighted by atomic mass is 35.5. The number of aryl methyl sites for hydroxylation is 1. The van der Waals surface area contributed by atoms with Crippen molar-refractivity contribution in [3.8, 4) is 0 Å². The Kier molecular flexibility index (Phi) is 10.7. The number of hydrogen-bond acceptors (Lipinski definition) is 5. The van der Waals surface area contributed by atoms with Crippen LogP contribution in [0.5, 0.6) is 0 Å². The zero-order chi connectivity index (χ0) is 27.6. The molecule has 1 unspecified atom stereocenters. The van der Waals surface area contributed by atoms with Gasteiger partial charge in [-0.2, -0.15) is 0 Å². The lowest BCUT2D eigenvalue weighted by Gasteiger charge is -2.44. The van der Waals surface area contributed by atoms with Crippen LogP contribution in [0.15, 0.2) is 120 Å². The molecule has 1 heterocycles. The molecule has 0 aliphatic carbocycles. The molecule has 0 saturated carbocycles. The summed E-state index contributed by atoms with van der Waals surface area (Å²) < 4.78 is 25.9. The summed E-state index contributed by atoms with van der Waals surface area (Å²) in [6.07, 6.45) is -1.12. The molecule has 0 bridgehead atoms. The van der Waals surface area contributed by atoms with Gasteiger partial charge in [0.05, 0.1) is 31.7 Å². The van der Waals surface area contributed by atoms with Crippen molar-refractivity contribution in [2.75, 3.05) is 6.61 Å². The highest BCUT2D eigenvalue weighted by Gasteiger charge is 2.47. The third-order valence-corrected chi connectivity index (χ3v) is 8.69. The summed E-state index contributed by atoms with van der Waals surface area (Å²) in [5.41, 5.74) is 3.91. The van der Waals surface area contributed by atoms with Gasteiger partial charge < -0.3 is 18.9 Å². The Balaban J connectivity index is 1.39. The van der Waals surface area contributed by atoms with Crippen LogP contribution in [-0.2, 0) is 38.8 Å². The van der Waals surface area contributed by atoms with Crippen LogP contribution in [0.25, 0.3) is 0 Å². The van der Waals surface area contributed by atoms with Gasteiger partial charge in [-0.15, -0.1) is 11.8 Å². The third-order valence-electron chi connectivity index (χ3n) is 6.83. The minimum absolute atomic E-state index is 0.195. The molecule has 0 N–H and O–H groups in total. The molecule has 6 heteroatoms. The zero-order valence-corrected chi connectivity index (χ0v) is 24.2. The fourth-order valence-corrected chi connectivity index (χ4v) is 6.27. The highest BCUT2D eigenvalue weighted by molar-refractivity contribution is 8.00. The monoisotopic (exact) mass is 574 g/mol. The molecule has 1 aliphatic rings. The van der Waals surface area contributed by atoms with E-state index in [-0.39, 0.29) is 11.4 Å². The van der Waals surface area contributed by atoms with Crippen molar-refractivity contribution >= 4 is 23.4 Å². The van der Waals surface area contributed by atoms with Crippen LogP contribution < -0.4 is 0 Å². The number of thioether (sulfide) groups is 1. The predicted molar refractivity (Wildman–Crippen MR) is 161 cm³/mol. The van der Waals surface area contributed by atoms with Crippen molar-refractivity contribution in [1.29, 1.82) is 0 Å². The molecule has 1 aliphatic heterocycles. The van der Waals surface area contributed by atoms with Gasteiger partial charge in [0.2, 0.25) is 0 Å². The van der Waals surface area contributed by atoms with Crippen molar-refractivity contribution in [1.82, 2.24) is 0 Å². The van der Waals surface area contributed by atoms with E-state index >= 15 is 0 Å². The maximum atomic E-state index is 6.98. The summed E-state index contributed by atoms with van der Waals surface area (Å²) in [5.74, 6) is 0. The summed E-state index contributed by atoms with van der Waals surface area (Å²) in [6, 6.07) is 38.9. The SMILES string of the molecule is Cc1ccc(SC2[C@H](Cl)O[C@H](COCc3ccccc3)[C@@H](OCc3ccccc3)[C@@H]2OCc2ccccc2)cc1. The van der Waals surface area contributed by atoms with E-state index in [9.17, 15) is 0 Å². The van der Waals surface area contributed by atoms with Gasteiger partial charge in [-0.05, 0) is 35.7 Å². The standard InChI is InChI=1S/C34H35ClO4S/c1-25-17-19-29(20-18-25)40-33-32(38-23-28-15-9-4-10-16-28)31(37-22-27-13-7-3-8-14-27)30(39-34(33)35)24-36-21-26-11-5-2-6-12-26/h2-20,30-34H,21-24H2,1H3/t30-,31-,32+,33?,34-/m1/s1. The topological polar surface area (TPSA) is 36.9 Å². The Morgan fingerprint density at radius 2 is 1.15 bits per heavy atom. The van der Waals surface area contributed by atoms with Crippen LogP contribution in [0.2, 0.25) is 0 Å². The number of ether oxygens (including phenoxy) is 4. The van der Waals surface area contributed by atoms with E-state index in [1.54, 1.807) is 11.8 Å². The lowest BCUT2D eigenvalue weighted by atomic mass is 10.0. The zero-order valence-electron chi connectivity index (χ0n) is 22.6. The molecular formula is C34H35ClO4S. The molecule has 5 atom stereocenters. The van der Waals surface area contributed by atoms with E-state index in [4.69, 9.17) is 30.5 Å². The number of alkyl halides is 1.